The van der Waals surface area contributed by atoms with Crippen molar-refractivity contribution in [1.29, 1.82) is 0 Å². The molecule has 0 atom stereocenters. The molecular weight excluding hydrogens is 212 g/mol. The van der Waals surface area contributed by atoms with Crippen LogP contribution in [0.3, 0.4) is 0 Å². The monoisotopic (exact) mass is 228 g/mol. The Hall–Kier alpha value is -1.84. The van der Waals surface area contributed by atoms with Gasteiger partial charge in [0.15, 0.2) is 5.82 Å². The minimum Gasteiger partial charge on any atom is -0.384 e. The van der Waals surface area contributed by atoms with Gasteiger partial charge < -0.3 is 9.88 Å². The maximum atomic E-state index is 4.27. The summed E-state index contributed by atoms with van der Waals surface area (Å²) in [5.41, 5.74) is 3.78. The van der Waals surface area contributed by atoms with Gasteiger partial charge in [-0.3, -0.25) is 0 Å². The zero-order valence-electron chi connectivity index (χ0n) is 10.2. The predicted molar refractivity (Wildman–Crippen MR) is 68.1 cm³/mol. The average Bonchev–Trinajstić information content (AvgIpc) is 2.93. The van der Waals surface area contributed by atoms with Crippen LogP contribution in [0.25, 0.3) is 11.4 Å². The Labute approximate surface area is 101 Å². The number of aryl methyl sites for hydroxylation is 1. The number of fused-ring (bicyclic) bond motifs is 1. The number of nitrogens with one attached hydrogen (secondary N) is 1. The SMILES string of the molecule is CCn1c(C)nnc1-c1ccc2c(c1)NCC2. The molecule has 1 aliphatic rings. The van der Waals surface area contributed by atoms with E-state index in [1.807, 2.05) is 6.92 Å². The van der Waals surface area contributed by atoms with Crippen molar-refractivity contribution in [3.05, 3.63) is 29.6 Å². The smallest absolute Gasteiger partial charge is 0.164 e. The first-order chi connectivity index (χ1) is 8.29. The van der Waals surface area contributed by atoms with Gasteiger partial charge in [0.25, 0.3) is 0 Å². The Bertz CT molecular complexity index is 557. The highest BCUT2D eigenvalue weighted by molar-refractivity contribution is 5.67. The van der Waals surface area contributed by atoms with Gasteiger partial charge >= 0.3 is 0 Å². The lowest BCUT2D eigenvalue weighted by Crippen LogP contribution is -2.00. The molecule has 0 spiro atoms. The molecule has 0 bridgehead atoms. The summed E-state index contributed by atoms with van der Waals surface area (Å²) in [6.45, 7) is 6.05. The van der Waals surface area contributed by atoms with Crippen LogP contribution >= 0.6 is 0 Å². The number of anilines is 1. The number of hydrogen-bond donors (Lipinski definition) is 1. The van der Waals surface area contributed by atoms with E-state index in [0.29, 0.717) is 0 Å². The molecule has 0 saturated heterocycles. The third-order valence-corrected chi connectivity index (χ3v) is 3.33. The van der Waals surface area contributed by atoms with Crippen LogP contribution in [0.15, 0.2) is 18.2 Å². The topological polar surface area (TPSA) is 42.7 Å². The molecule has 1 aliphatic heterocycles. The Balaban J connectivity index is 2.09. The summed E-state index contributed by atoms with van der Waals surface area (Å²) < 4.78 is 2.14. The molecule has 4 heteroatoms. The van der Waals surface area contributed by atoms with Crippen molar-refractivity contribution in [2.24, 2.45) is 0 Å². The van der Waals surface area contributed by atoms with Crippen LogP contribution in [0.2, 0.25) is 0 Å². The van der Waals surface area contributed by atoms with Gasteiger partial charge in [-0.25, -0.2) is 0 Å². The van der Waals surface area contributed by atoms with E-state index < -0.39 is 0 Å². The van der Waals surface area contributed by atoms with Gasteiger partial charge in [-0.1, -0.05) is 12.1 Å². The third kappa shape index (κ3) is 1.60. The van der Waals surface area contributed by atoms with Gasteiger partial charge in [-0.15, -0.1) is 10.2 Å². The fraction of sp³-hybridized carbons (Fsp3) is 0.385. The molecular formula is C13H16N4. The second kappa shape index (κ2) is 3.87. The van der Waals surface area contributed by atoms with Crippen LogP contribution in [-0.2, 0) is 13.0 Å². The van der Waals surface area contributed by atoms with Crippen molar-refractivity contribution < 1.29 is 0 Å². The van der Waals surface area contributed by atoms with E-state index in [-0.39, 0.29) is 0 Å². The first-order valence-electron chi connectivity index (χ1n) is 6.06. The maximum absolute atomic E-state index is 4.27. The Morgan fingerprint density at radius 1 is 1.35 bits per heavy atom. The van der Waals surface area contributed by atoms with Crippen molar-refractivity contribution in [3.63, 3.8) is 0 Å². The lowest BCUT2D eigenvalue weighted by atomic mass is 10.1. The van der Waals surface area contributed by atoms with E-state index in [0.717, 1.165) is 36.7 Å². The number of benzene rings is 1. The second-order valence-electron chi connectivity index (χ2n) is 4.36. The highest BCUT2D eigenvalue weighted by Crippen LogP contribution is 2.28. The van der Waals surface area contributed by atoms with Crippen molar-refractivity contribution in [2.75, 3.05) is 11.9 Å². The van der Waals surface area contributed by atoms with Crippen LogP contribution in [0.1, 0.15) is 18.3 Å². The van der Waals surface area contributed by atoms with E-state index in [9.17, 15) is 0 Å². The van der Waals surface area contributed by atoms with Crippen LogP contribution in [0.5, 0.6) is 0 Å². The Kier molecular flexibility index (Phi) is 2.35. The maximum Gasteiger partial charge on any atom is 0.164 e. The molecule has 0 fully saturated rings. The standard InChI is InChI=1S/C13H16N4/c1-3-17-9(2)15-16-13(17)11-5-4-10-6-7-14-12(10)8-11/h4-5,8,14H,3,6-7H2,1-2H3. The molecule has 1 aromatic heterocycles. The molecule has 0 saturated carbocycles. The first-order valence-corrected chi connectivity index (χ1v) is 6.06. The molecule has 0 radical (unpaired) electrons. The van der Waals surface area contributed by atoms with Crippen molar-refractivity contribution in [2.45, 2.75) is 26.8 Å². The summed E-state index contributed by atoms with van der Waals surface area (Å²) in [4.78, 5) is 0. The quantitative estimate of drug-likeness (QED) is 0.857. The zero-order valence-corrected chi connectivity index (χ0v) is 10.2. The van der Waals surface area contributed by atoms with Crippen LogP contribution in [0.4, 0.5) is 5.69 Å². The highest BCUT2D eigenvalue weighted by atomic mass is 15.3. The third-order valence-electron chi connectivity index (χ3n) is 3.33. The van der Waals surface area contributed by atoms with Gasteiger partial charge in [0.05, 0.1) is 0 Å². The fourth-order valence-corrected chi connectivity index (χ4v) is 2.40. The van der Waals surface area contributed by atoms with Crippen LogP contribution in [0, 0.1) is 6.92 Å². The summed E-state index contributed by atoms with van der Waals surface area (Å²) in [6, 6.07) is 6.51. The predicted octanol–water partition coefficient (Wildman–Crippen LogP) is 2.24. The van der Waals surface area contributed by atoms with Gasteiger partial charge in [0, 0.05) is 24.3 Å². The van der Waals surface area contributed by atoms with E-state index in [2.05, 4.69) is 45.2 Å². The van der Waals surface area contributed by atoms with Crippen molar-refractivity contribution >= 4 is 5.69 Å². The van der Waals surface area contributed by atoms with Gasteiger partial charge in [0.1, 0.15) is 5.82 Å². The lowest BCUT2D eigenvalue weighted by molar-refractivity contribution is 0.737. The number of nitrogens with zero attached hydrogens (tertiary/aromatic N) is 3. The van der Waals surface area contributed by atoms with E-state index in [4.69, 9.17) is 0 Å². The number of rotatable bonds is 2. The minimum absolute atomic E-state index is 0.901. The molecule has 2 heterocycles. The molecule has 3 rings (SSSR count). The molecule has 4 nitrogen and oxygen atoms in total. The summed E-state index contributed by atoms with van der Waals surface area (Å²) in [5, 5.41) is 11.8. The summed E-state index contributed by atoms with van der Waals surface area (Å²) in [5.74, 6) is 1.93. The second-order valence-corrected chi connectivity index (χ2v) is 4.36. The van der Waals surface area contributed by atoms with Gasteiger partial charge in [-0.2, -0.15) is 0 Å². The summed E-state index contributed by atoms with van der Waals surface area (Å²) in [6.07, 6.45) is 1.12. The molecule has 0 unspecified atom stereocenters. The largest absolute Gasteiger partial charge is 0.384 e. The number of hydrogen-bond acceptors (Lipinski definition) is 3. The Morgan fingerprint density at radius 3 is 3.06 bits per heavy atom. The zero-order chi connectivity index (χ0) is 11.8. The van der Waals surface area contributed by atoms with E-state index in [1.54, 1.807) is 0 Å². The fourth-order valence-electron chi connectivity index (χ4n) is 2.40. The molecule has 2 aromatic rings. The highest BCUT2D eigenvalue weighted by Gasteiger charge is 2.14. The van der Waals surface area contributed by atoms with Gasteiger partial charge in [-0.05, 0) is 31.9 Å². The summed E-state index contributed by atoms with van der Waals surface area (Å²) in [7, 11) is 0. The van der Waals surface area contributed by atoms with Crippen molar-refractivity contribution in [3.8, 4) is 11.4 Å². The van der Waals surface area contributed by atoms with Crippen LogP contribution < -0.4 is 5.32 Å². The average molecular weight is 228 g/mol. The molecule has 1 aromatic carbocycles. The van der Waals surface area contributed by atoms with Gasteiger partial charge in [0.2, 0.25) is 0 Å². The Morgan fingerprint density at radius 2 is 2.24 bits per heavy atom. The molecule has 0 aliphatic carbocycles. The lowest BCUT2D eigenvalue weighted by Gasteiger charge is -2.07. The molecule has 1 N–H and O–H groups in total. The first kappa shape index (κ1) is 10.3. The minimum atomic E-state index is 0.901. The van der Waals surface area contributed by atoms with E-state index >= 15 is 0 Å². The molecule has 17 heavy (non-hydrogen) atoms. The molecule has 0 amide bonds. The van der Waals surface area contributed by atoms with Crippen LogP contribution in [-0.4, -0.2) is 21.3 Å². The normalized spacial score (nSPS) is 13.5. The molecule has 88 valence electrons. The van der Waals surface area contributed by atoms with Crippen molar-refractivity contribution in [1.82, 2.24) is 14.8 Å². The number of aromatic nitrogens is 3. The summed E-state index contributed by atoms with van der Waals surface area (Å²) >= 11 is 0. The van der Waals surface area contributed by atoms with E-state index in [1.165, 1.54) is 11.3 Å².